The molecule has 2 heterocycles. The summed E-state index contributed by atoms with van der Waals surface area (Å²) >= 11 is 0. The van der Waals surface area contributed by atoms with Crippen molar-refractivity contribution in [2.75, 3.05) is 13.1 Å². The third-order valence-corrected chi connectivity index (χ3v) is 4.69. The Morgan fingerprint density at radius 3 is 2.64 bits per heavy atom. The Morgan fingerprint density at radius 2 is 2.05 bits per heavy atom. The number of aryl methyl sites for hydroxylation is 2. The Kier molecular flexibility index (Phi) is 5.95. The van der Waals surface area contributed by atoms with Crippen LogP contribution in [0.2, 0.25) is 0 Å². The van der Waals surface area contributed by atoms with Gasteiger partial charge in [-0.15, -0.1) is 0 Å². The molecule has 1 aliphatic rings. The molecule has 0 saturated carbocycles. The molecule has 0 aromatic carbocycles. The average Bonchev–Trinajstić information content (AvgIpc) is 2.47. The second kappa shape index (κ2) is 7.73. The molecule has 1 fully saturated rings. The number of nitrogens with one attached hydrogen (secondary N) is 1. The lowest BCUT2D eigenvalue weighted by molar-refractivity contribution is -0.122. The summed E-state index contributed by atoms with van der Waals surface area (Å²) in [5.41, 5.74) is 3.32. The first-order valence-corrected chi connectivity index (χ1v) is 8.38. The van der Waals surface area contributed by atoms with Crippen LogP contribution in [0.3, 0.4) is 0 Å². The standard InChI is InChI=1S/C18H29N3O/c1-13(2)21-7-5-16(6-8-21)10-18(22)20-12-17-11-19-15(4)9-14(17)3/h9,11,13,16H,5-8,10,12H2,1-4H3,(H,20,22). The minimum Gasteiger partial charge on any atom is -0.352 e. The highest BCUT2D eigenvalue weighted by molar-refractivity contribution is 5.76. The summed E-state index contributed by atoms with van der Waals surface area (Å²) in [6.07, 6.45) is 4.80. The zero-order chi connectivity index (χ0) is 16.1. The van der Waals surface area contributed by atoms with E-state index < -0.39 is 0 Å². The van der Waals surface area contributed by atoms with Gasteiger partial charge in [0.2, 0.25) is 5.91 Å². The van der Waals surface area contributed by atoms with Gasteiger partial charge in [-0.1, -0.05) is 0 Å². The van der Waals surface area contributed by atoms with E-state index in [1.165, 1.54) is 5.56 Å². The fourth-order valence-electron chi connectivity index (χ4n) is 3.11. The molecule has 4 heteroatoms. The van der Waals surface area contributed by atoms with Crippen molar-refractivity contribution in [2.45, 2.75) is 59.5 Å². The lowest BCUT2D eigenvalue weighted by Gasteiger charge is -2.34. The van der Waals surface area contributed by atoms with Crippen LogP contribution in [0.1, 0.15) is 49.9 Å². The Morgan fingerprint density at radius 1 is 1.36 bits per heavy atom. The van der Waals surface area contributed by atoms with Gasteiger partial charge >= 0.3 is 0 Å². The van der Waals surface area contributed by atoms with E-state index in [0.29, 0.717) is 24.9 Å². The van der Waals surface area contributed by atoms with Gasteiger partial charge < -0.3 is 10.2 Å². The Balaban J connectivity index is 1.74. The Labute approximate surface area is 134 Å². The van der Waals surface area contributed by atoms with Crippen molar-refractivity contribution in [2.24, 2.45) is 5.92 Å². The normalized spacial score (nSPS) is 17.0. The first-order chi connectivity index (χ1) is 10.5. The van der Waals surface area contributed by atoms with E-state index in [-0.39, 0.29) is 5.91 Å². The molecule has 22 heavy (non-hydrogen) atoms. The summed E-state index contributed by atoms with van der Waals surface area (Å²) in [5.74, 6) is 0.704. The van der Waals surface area contributed by atoms with Crippen molar-refractivity contribution in [3.63, 3.8) is 0 Å². The lowest BCUT2D eigenvalue weighted by Crippen LogP contribution is -2.39. The van der Waals surface area contributed by atoms with Gasteiger partial charge in [0.15, 0.2) is 0 Å². The summed E-state index contributed by atoms with van der Waals surface area (Å²) < 4.78 is 0. The van der Waals surface area contributed by atoms with Gasteiger partial charge in [0.25, 0.3) is 0 Å². The quantitative estimate of drug-likeness (QED) is 0.910. The van der Waals surface area contributed by atoms with Crippen molar-refractivity contribution in [3.05, 3.63) is 29.1 Å². The molecule has 0 radical (unpaired) electrons. The molecule has 1 aliphatic heterocycles. The van der Waals surface area contributed by atoms with Gasteiger partial charge in [-0.05, 0) is 76.7 Å². The van der Waals surface area contributed by atoms with Crippen LogP contribution in [0.4, 0.5) is 0 Å². The van der Waals surface area contributed by atoms with Gasteiger partial charge in [0, 0.05) is 30.9 Å². The zero-order valence-electron chi connectivity index (χ0n) is 14.4. The first-order valence-electron chi connectivity index (χ1n) is 8.38. The summed E-state index contributed by atoms with van der Waals surface area (Å²) in [7, 11) is 0. The predicted octanol–water partition coefficient (Wildman–Crippen LogP) is 2.83. The van der Waals surface area contributed by atoms with Crippen molar-refractivity contribution in [3.8, 4) is 0 Å². The number of hydrogen-bond donors (Lipinski definition) is 1. The maximum absolute atomic E-state index is 12.1. The van der Waals surface area contributed by atoms with E-state index in [9.17, 15) is 4.79 Å². The lowest BCUT2D eigenvalue weighted by atomic mass is 9.92. The van der Waals surface area contributed by atoms with Crippen LogP contribution >= 0.6 is 0 Å². The van der Waals surface area contributed by atoms with Crippen LogP contribution in [0.15, 0.2) is 12.3 Å². The number of carbonyl (C=O) groups is 1. The highest BCUT2D eigenvalue weighted by Crippen LogP contribution is 2.21. The molecule has 2 rings (SSSR count). The molecule has 1 aromatic rings. The van der Waals surface area contributed by atoms with Crippen LogP contribution in [0.5, 0.6) is 0 Å². The monoisotopic (exact) mass is 303 g/mol. The fourth-order valence-corrected chi connectivity index (χ4v) is 3.11. The number of carbonyl (C=O) groups excluding carboxylic acids is 1. The summed E-state index contributed by atoms with van der Waals surface area (Å²) in [6, 6.07) is 2.68. The van der Waals surface area contributed by atoms with Crippen molar-refractivity contribution >= 4 is 5.91 Å². The molecule has 1 aromatic heterocycles. The molecule has 0 spiro atoms. The highest BCUT2D eigenvalue weighted by atomic mass is 16.1. The summed E-state index contributed by atoms with van der Waals surface area (Å²) in [6.45, 7) is 11.4. The van der Waals surface area contributed by atoms with Gasteiger partial charge in [0.05, 0.1) is 0 Å². The van der Waals surface area contributed by atoms with Gasteiger partial charge in [-0.2, -0.15) is 0 Å². The molecule has 1 amide bonds. The molecule has 1 saturated heterocycles. The van der Waals surface area contributed by atoms with E-state index in [2.05, 4.69) is 42.0 Å². The Bertz CT molecular complexity index is 505. The molecule has 0 bridgehead atoms. The smallest absolute Gasteiger partial charge is 0.220 e. The molecular weight excluding hydrogens is 274 g/mol. The minimum atomic E-state index is 0.169. The third-order valence-electron chi connectivity index (χ3n) is 4.69. The molecule has 1 N–H and O–H groups in total. The number of piperidine rings is 1. The number of amides is 1. The SMILES string of the molecule is Cc1cc(C)c(CNC(=O)CC2CCN(C(C)C)CC2)cn1. The van der Waals surface area contributed by atoms with Crippen molar-refractivity contribution in [1.29, 1.82) is 0 Å². The largest absolute Gasteiger partial charge is 0.352 e. The molecular formula is C18H29N3O. The van der Waals surface area contributed by atoms with Crippen molar-refractivity contribution < 1.29 is 4.79 Å². The van der Waals surface area contributed by atoms with E-state index in [1.54, 1.807) is 0 Å². The number of hydrogen-bond acceptors (Lipinski definition) is 3. The maximum Gasteiger partial charge on any atom is 0.220 e. The van der Waals surface area contributed by atoms with E-state index >= 15 is 0 Å². The summed E-state index contributed by atoms with van der Waals surface area (Å²) in [4.78, 5) is 18.9. The number of rotatable bonds is 5. The fraction of sp³-hybridized carbons (Fsp3) is 0.667. The van der Waals surface area contributed by atoms with Gasteiger partial charge in [-0.3, -0.25) is 9.78 Å². The summed E-state index contributed by atoms with van der Waals surface area (Å²) in [5, 5.41) is 3.05. The molecule has 0 aliphatic carbocycles. The number of pyridine rings is 1. The number of likely N-dealkylation sites (tertiary alicyclic amines) is 1. The number of nitrogens with zero attached hydrogens (tertiary/aromatic N) is 2. The third kappa shape index (κ3) is 4.80. The van der Waals surface area contributed by atoms with E-state index in [1.807, 2.05) is 13.1 Å². The average molecular weight is 303 g/mol. The van der Waals surface area contributed by atoms with Gasteiger partial charge in [-0.25, -0.2) is 0 Å². The zero-order valence-corrected chi connectivity index (χ0v) is 14.4. The number of aromatic nitrogens is 1. The second-order valence-corrected chi connectivity index (χ2v) is 6.81. The maximum atomic E-state index is 12.1. The molecule has 0 unspecified atom stereocenters. The second-order valence-electron chi connectivity index (χ2n) is 6.81. The predicted molar refractivity (Wildman–Crippen MR) is 89.6 cm³/mol. The van der Waals surface area contributed by atoms with Crippen LogP contribution in [0, 0.1) is 19.8 Å². The van der Waals surface area contributed by atoms with E-state index in [4.69, 9.17) is 0 Å². The van der Waals surface area contributed by atoms with Crippen LogP contribution in [0.25, 0.3) is 0 Å². The minimum absolute atomic E-state index is 0.169. The molecule has 4 nitrogen and oxygen atoms in total. The van der Waals surface area contributed by atoms with E-state index in [0.717, 1.165) is 37.2 Å². The van der Waals surface area contributed by atoms with Gasteiger partial charge in [0.1, 0.15) is 0 Å². The highest BCUT2D eigenvalue weighted by Gasteiger charge is 2.22. The van der Waals surface area contributed by atoms with Crippen LogP contribution < -0.4 is 5.32 Å². The first kappa shape index (κ1) is 16.9. The topological polar surface area (TPSA) is 45.2 Å². The Hall–Kier alpha value is -1.42. The van der Waals surface area contributed by atoms with Crippen molar-refractivity contribution in [1.82, 2.24) is 15.2 Å². The van der Waals surface area contributed by atoms with Crippen LogP contribution in [-0.4, -0.2) is 34.9 Å². The molecule has 0 atom stereocenters. The van der Waals surface area contributed by atoms with Crippen LogP contribution in [-0.2, 0) is 11.3 Å². The molecule has 122 valence electrons.